The van der Waals surface area contributed by atoms with Crippen LogP contribution >= 0.6 is 11.3 Å². The Balaban J connectivity index is 1.65. The number of hydrogen-bond donors (Lipinski definition) is 2. The highest BCUT2D eigenvalue weighted by atomic mass is 32.1. The number of rotatable bonds is 3. The summed E-state index contributed by atoms with van der Waals surface area (Å²) >= 11 is 1.64. The lowest BCUT2D eigenvalue weighted by Crippen LogP contribution is -2.28. The largest absolute Gasteiger partial charge is 0.381 e. The van der Waals surface area contributed by atoms with E-state index in [0.717, 1.165) is 23.4 Å². The molecule has 19 heavy (non-hydrogen) atoms. The maximum atomic E-state index is 12.0. The molecule has 6 heteroatoms. The predicted octanol–water partition coefficient (Wildman–Crippen LogP) is 2.50. The first-order valence-corrected chi connectivity index (χ1v) is 7.19. The van der Waals surface area contributed by atoms with Gasteiger partial charge in [0.05, 0.1) is 10.6 Å². The minimum absolute atomic E-state index is 0.0347. The first kappa shape index (κ1) is 12.4. The zero-order chi connectivity index (χ0) is 13.1. The lowest BCUT2D eigenvalue weighted by molar-refractivity contribution is -0.122. The van der Waals surface area contributed by atoms with Gasteiger partial charge in [-0.05, 0) is 24.3 Å². The van der Waals surface area contributed by atoms with Crippen molar-refractivity contribution >= 4 is 23.1 Å². The van der Waals surface area contributed by atoms with E-state index in [-0.39, 0.29) is 11.8 Å². The van der Waals surface area contributed by atoms with E-state index in [1.807, 2.05) is 23.6 Å². The van der Waals surface area contributed by atoms with Gasteiger partial charge in [-0.15, -0.1) is 11.3 Å². The molecule has 1 fully saturated rings. The van der Waals surface area contributed by atoms with Crippen molar-refractivity contribution in [3.05, 3.63) is 23.6 Å². The van der Waals surface area contributed by atoms with E-state index >= 15 is 0 Å². The van der Waals surface area contributed by atoms with Crippen LogP contribution in [-0.4, -0.2) is 29.3 Å². The number of H-pyrrole nitrogens is 1. The Morgan fingerprint density at radius 1 is 1.47 bits per heavy atom. The highest BCUT2D eigenvalue weighted by Crippen LogP contribution is 2.25. The Kier molecular flexibility index (Phi) is 3.61. The fraction of sp³-hybridized carbons (Fsp3) is 0.385. The van der Waals surface area contributed by atoms with E-state index in [9.17, 15) is 4.79 Å². The van der Waals surface area contributed by atoms with Crippen LogP contribution in [-0.2, 0) is 9.53 Å². The molecule has 2 aromatic rings. The zero-order valence-corrected chi connectivity index (χ0v) is 11.2. The molecule has 0 saturated carbocycles. The summed E-state index contributed by atoms with van der Waals surface area (Å²) in [5.41, 5.74) is 0.928. The van der Waals surface area contributed by atoms with Gasteiger partial charge in [0.2, 0.25) is 5.91 Å². The number of carbonyl (C=O) groups excluding carboxylic acids is 1. The normalized spacial score (nSPS) is 16.4. The quantitative estimate of drug-likeness (QED) is 0.905. The standard InChI is InChI=1S/C13H15N3O2S/c17-13(9-3-5-18-6-4-9)14-12-8-10(15-16-12)11-2-1-7-19-11/h1-2,7-9H,3-6H2,(H2,14,15,16,17). The summed E-state index contributed by atoms with van der Waals surface area (Å²) in [4.78, 5) is 13.2. The van der Waals surface area contributed by atoms with Gasteiger partial charge < -0.3 is 10.1 Å². The van der Waals surface area contributed by atoms with Gasteiger partial charge in [-0.1, -0.05) is 6.07 Å². The molecule has 0 spiro atoms. The third-order valence-electron chi connectivity index (χ3n) is 3.21. The van der Waals surface area contributed by atoms with Gasteiger partial charge in [0, 0.05) is 25.2 Å². The Morgan fingerprint density at radius 2 is 2.32 bits per heavy atom. The monoisotopic (exact) mass is 277 g/mol. The van der Waals surface area contributed by atoms with Gasteiger partial charge in [-0.2, -0.15) is 5.10 Å². The molecule has 0 aromatic carbocycles. The summed E-state index contributed by atoms with van der Waals surface area (Å²) in [5, 5.41) is 11.9. The number of carbonyl (C=O) groups is 1. The number of amides is 1. The van der Waals surface area contributed by atoms with Crippen molar-refractivity contribution in [1.82, 2.24) is 10.2 Å². The number of nitrogens with zero attached hydrogens (tertiary/aromatic N) is 1. The summed E-state index contributed by atoms with van der Waals surface area (Å²) in [6.45, 7) is 1.33. The van der Waals surface area contributed by atoms with Gasteiger partial charge in [-0.3, -0.25) is 9.89 Å². The summed E-state index contributed by atoms with van der Waals surface area (Å²) in [6.07, 6.45) is 1.57. The van der Waals surface area contributed by atoms with Crippen LogP contribution in [0.15, 0.2) is 23.6 Å². The number of anilines is 1. The summed E-state index contributed by atoms with van der Waals surface area (Å²) in [6, 6.07) is 5.87. The van der Waals surface area contributed by atoms with Gasteiger partial charge in [-0.25, -0.2) is 0 Å². The molecule has 1 amide bonds. The van der Waals surface area contributed by atoms with Crippen LogP contribution in [0, 0.1) is 5.92 Å². The van der Waals surface area contributed by atoms with Crippen molar-refractivity contribution in [2.45, 2.75) is 12.8 Å². The molecule has 2 aromatic heterocycles. The predicted molar refractivity (Wildman–Crippen MR) is 74.1 cm³/mol. The second-order valence-electron chi connectivity index (χ2n) is 4.52. The highest BCUT2D eigenvalue weighted by molar-refractivity contribution is 7.13. The zero-order valence-electron chi connectivity index (χ0n) is 10.4. The van der Waals surface area contributed by atoms with E-state index in [0.29, 0.717) is 19.0 Å². The molecular formula is C13H15N3O2S. The maximum Gasteiger partial charge on any atom is 0.228 e. The molecule has 2 N–H and O–H groups in total. The molecule has 1 saturated heterocycles. The molecule has 100 valence electrons. The molecule has 0 radical (unpaired) electrons. The van der Waals surface area contributed by atoms with Crippen LogP contribution in [0.25, 0.3) is 10.6 Å². The third kappa shape index (κ3) is 2.85. The molecule has 1 aliphatic heterocycles. The highest BCUT2D eigenvalue weighted by Gasteiger charge is 2.22. The van der Waals surface area contributed by atoms with E-state index < -0.39 is 0 Å². The first-order chi connectivity index (χ1) is 9.33. The molecule has 0 bridgehead atoms. The van der Waals surface area contributed by atoms with E-state index in [2.05, 4.69) is 15.5 Å². The molecule has 0 atom stereocenters. The first-order valence-electron chi connectivity index (χ1n) is 6.31. The van der Waals surface area contributed by atoms with Crippen LogP contribution in [0.4, 0.5) is 5.82 Å². The van der Waals surface area contributed by atoms with Gasteiger partial charge >= 0.3 is 0 Å². The summed E-state index contributed by atoms with van der Waals surface area (Å²) in [5.74, 6) is 0.656. The maximum absolute atomic E-state index is 12.0. The topological polar surface area (TPSA) is 67.0 Å². The SMILES string of the molecule is O=C(Nc1cc(-c2cccs2)[nH]n1)C1CCOCC1. The fourth-order valence-corrected chi connectivity index (χ4v) is 2.82. The Morgan fingerprint density at radius 3 is 3.05 bits per heavy atom. The summed E-state index contributed by atoms with van der Waals surface area (Å²) < 4.78 is 5.25. The van der Waals surface area contributed by atoms with Crippen LogP contribution in [0.2, 0.25) is 0 Å². The van der Waals surface area contributed by atoms with E-state index in [1.165, 1.54) is 0 Å². The molecule has 5 nitrogen and oxygen atoms in total. The third-order valence-corrected chi connectivity index (χ3v) is 4.11. The Bertz CT molecular complexity index is 544. The second kappa shape index (κ2) is 5.54. The number of thiophene rings is 1. The summed E-state index contributed by atoms with van der Waals surface area (Å²) in [7, 11) is 0. The van der Waals surface area contributed by atoms with Crippen LogP contribution < -0.4 is 5.32 Å². The number of hydrogen-bond acceptors (Lipinski definition) is 4. The molecule has 3 heterocycles. The van der Waals surface area contributed by atoms with Crippen LogP contribution in [0.3, 0.4) is 0 Å². The molecule has 0 unspecified atom stereocenters. The Hall–Kier alpha value is -1.66. The van der Waals surface area contributed by atoms with Gasteiger partial charge in [0.15, 0.2) is 5.82 Å². The van der Waals surface area contributed by atoms with E-state index in [4.69, 9.17) is 4.74 Å². The minimum atomic E-state index is 0.0347. The van der Waals surface area contributed by atoms with Crippen molar-refractivity contribution in [3.8, 4) is 10.6 Å². The van der Waals surface area contributed by atoms with Gasteiger partial charge in [0.1, 0.15) is 0 Å². The Labute approximate surface area is 115 Å². The van der Waals surface area contributed by atoms with Crippen molar-refractivity contribution < 1.29 is 9.53 Å². The molecule has 1 aliphatic rings. The van der Waals surface area contributed by atoms with Crippen molar-refractivity contribution in [3.63, 3.8) is 0 Å². The number of aromatic amines is 1. The lowest BCUT2D eigenvalue weighted by atomic mass is 9.99. The second-order valence-corrected chi connectivity index (χ2v) is 5.47. The minimum Gasteiger partial charge on any atom is -0.381 e. The molecule has 0 aliphatic carbocycles. The van der Waals surface area contributed by atoms with Crippen molar-refractivity contribution in [2.75, 3.05) is 18.5 Å². The van der Waals surface area contributed by atoms with Gasteiger partial charge in [0.25, 0.3) is 0 Å². The van der Waals surface area contributed by atoms with Crippen molar-refractivity contribution in [1.29, 1.82) is 0 Å². The average molecular weight is 277 g/mol. The van der Waals surface area contributed by atoms with Crippen LogP contribution in [0.5, 0.6) is 0 Å². The number of ether oxygens (including phenoxy) is 1. The number of nitrogens with one attached hydrogen (secondary N) is 2. The molecular weight excluding hydrogens is 262 g/mol. The lowest BCUT2D eigenvalue weighted by Gasteiger charge is -2.20. The smallest absolute Gasteiger partial charge is 0.228 e. The van der Waals surface area contributed by atoms with Crippen LogP contribution in [0.1, 0.15) is 12.8 Å². The van der Waals surface area contributed by atoms with E-state index in [1.54, 1.807) is 11.3 Å². The van der Waals surface area contributed by atoms with Crippen molar-refractivity contribution in [2.24, 2.45) is 5.92 Å². The fourth-order valence-electron chi connectivity index (χ4n) is 2.13. The number of aromatic nitrogens is 2. The molecule has 3 rings (SSSR count). The average Bonchev–Trinajstić information content (AvgIpc) is 3.10.